The van der Waals surface area contributed by atoms with Crippen LogP contribution in [-0.4, -0.2) is 24.0 Å². The van der Waals surface area contributed by atoms with Gasteiger partial charge >= 0.3 is 5.97 Å². The summed E-state index contributed by atoms with van der Waals surface area (Å²) in [7, 11) is 0. The van der Waals surface area contributed by atoms with Crippen LogP contribution in [-0.2, 0) is 14.3 Å². The van der Waals surface area contributed by atoms with Crippen molar-refractivity contribution in [3.63, 3.8) is 0 Å². The number of nitrogens with one attached hydrogen (secondary N) is 1. The first-order valence-electron chi connectivity index (χ1n) is 9.26. The maximum atomic E-state index is 12.9. The van der Waals surface area contributed by atoms with Gasteiger partial charge in [0.05, 0.1) is 0 Å². The predicted molar refractivity (Wildman–Crippen MR) is 101 cm³/mol. The number of benzene rings is 2. The van der Waals surface area contributed by atoms with Gasteiger partial charge in [-0.25, -0.2) is 0 Å². The lowest BCUT2D eigenvalue weighted by molar-refractivity contribution is -0.155. The minimum absolute atomic E-state index is 0.211. The maximum absolute atomic E-state index is 12.9. The second-order valence-electron chi connectivity index (χ2n) is 6.82. The van der Waals surface area contributed by atoms with E-state index in [1.54, 1.807) is 6.92 Å². The van der Waals surface area contributed by atoms with Crippen LogP contribution in [0.5, 0.6) is 0 Å². The molecule has 1 saturated carbocycles. The quantitative estimate of drug-likeness (QED) is 0.805. The Hall–Kier alpha value is -2.62. The summed E-state index contributed by atoms with van der Waals surface area (Å²) < 4.78 is 5.54. The highest BCUT2D eigenvalue weighted by Gasteiger charge is 2.29. The van der Waals surface area contributed by atoms with Crippen molar-refractivity contribution in [2.24, 2.45) is 0 Å². The molecule has 4 nitrogen and oxygen atoms in total. The third-order valence-electron chi connectivity index (χ3n) is 4.87. The van der Waals surface area contributed by atoms with Crippen molar-refractivity contribution in [1.82, 2.24) is 5.32 Å². The number of ether oxygens (including phenoxy) is 1. The standard InChI is InChI=1S/C22H25NO3/c1-16(21(24)23-19-14-8-9-15-19)26-22(25)20(17-10-4-2-5-11-17)18-12-6-3-7-13-18/h2-7,10-13,16,19-20H,8-9,14-15H2,1H3,(H,23,24)/t16-/m1/s1. The summed E-state index contributed by atoms with van der Waals surface area (Å²) >= 11 is 0. The Labute approximate surface area is 154 Å². The summed E-state index contributed by atoms with van der Waals surface area (Å²) in [6, 6.07) is 19.2. The highest BCUT2D eigenvalue weighted by molar-refractivity contribution is 5.87. The third kappa shape index (κ3) is 4.51. The van der Waals surface area contributed by atoms with Crippen LogP contribution in [0, 0.1) is 0 Å². The van der Waals surface area contributed by atoms with Gasteiger partial charge < -0.3 is 10.1 Å². The summed E-state index contributed by atoms with van der Waals surface area (Å²) in [6.07, 6.45) is 3.48. The fourth-order valence-corrected chi connectivity index (χ4v) is 3.44. The predicted octanol–water partition coefficient (Wildman–Crippen LogP) is 3.81. The molecule has 2 aromatic rings. The van der Waals surface area contributed by atoms with E-state index in [0.29, 0.717) is 0 Å². The molecular formula is C22H25NO3. The minimum atomic E-state index is -0.807. The van der Waals surface area contributed by atoms with Gasteiger partial charge in [0.2, 0.25) is 0 Å². The molecule has 4 heteroatoms. The smallest absolute Gasteiger partial charge is 0.318 e. The summed E-state index contributed by atoms with van der Waals surface area (Å²) in [5, 5.41) is 2.99. The second-order valence-corrected chi connectivity index (χ2v) is 6.82. The molecular weight excluding hydrogens is 326 g/mol. The van der Waals surface area contributed by atoms with Crippen LogP contribution in [0.25, 0.3) is 0 Å². The molecule has 0 aromatic heterocycles. The number of rotatable bonds is 6. The molecule has 0 heterocycles. The van der Waals surface area contributed by atoms with Crippen molar-refractivity contribution in [2.75, 3.05) is 0 Å². The maximum Gasteiger partial charge on any atom is 0.318 e. The molecule has 0 unspecified atom stereocenters. The molecule has 1 amide bonds. The third-order valence-corrected chi connectivity index (χ3v) is 4.87. The van der Waals surface area contributed by atoms with Crippen LogP contribution in [0.2, 0.25) is 0 Å². The van der Waals surface area contributed by atoms with E-state index in [2.05, 4.69) is 5.32 Å². The number of hydrogen-bond donors (Lipinski definition) is 1. The van der Waals surface area contributed by atoms with Crippen molar-refractivity contribution in [3.8, 4) is 0 Å². The largest absolute Gasteiger partial charge is 0.452 e. The van der Waals surface area contributed by atoms with Crippen molar-refractivity contribution >= 4 is 11.9 Å². The van der Waals surface area contributed by atoms with E-state index >= 15 is 0 Å². The van der Waals surface area contributed by atoms with Gasteiger partial charge in [-0.05, 0) is 30.9 Å². The Morgan fingerprint density at radius 2 is 1.42 bits per heavy atom. The molecule has 1 N–H and O–H groups in total. The molecule has 0 aliphatic heterocycles. The SMILES string of the molecule is C[C@@H](OC(=O)C(c1ccccc1)c1ccccc1)C(=O)NC1CCCC1. The van der Waals surface area contributed by atoms with Gasteiger partial charge in [-0.1, -0.05) is 73.5 Å². The van der Waals surface area contributed by atoms with E-state index in [9.17, 15) is 9.59 Å². The first kappa shape index (κ1) is 18.2. The normalized spacial score (nSPS) is 15.6. The summed E-state index contributed by atoms with van der Waals surface area (Å²) in [5.74, 6) is -1.17. The van der Waals surface area contributed by atoms with Gasteiger partial charge in [0.25, 0.3) is 5.91 Å². The average molecular weight is 351 g/mol. The Kier molecular flexibility index (Phi) is 6.05. The minimum Gasteiger partial charge on any atom is -0.452 e. The summed E-state index contributed by atoms with van der Waals surface area (Å²) in [6.45, 7) is 1.63. The van der Waals surface area contributed by atoms with E-state index in [0.717, 1.165) is 36.8 Å². The van der Waals surface area contributed by atoms with E-state index in [1.807, 2.05) is 60.7 Å². The highest BCUT2D eigenvalue weighted by atomic mass is 16.5. The lowest BCUT2D eigenvalue weighted by Gasteiger charge is -2.21. The molecule has 0 bridgehead atoms. The molecule has 2 aromatic carbocycles. The van der Waals surface area contributed by atoms with Crippen LogP contribution in [0.15, 0.2) is 60.7 Å². The van der Waals surface area contributed by atoms with E-state index in [4.69, 9.17) is 4.74 Å². The molecule has 0 radical (unpaired) electrons. The van der Waals surface area contributed by atoms with Crippen LogP contribution in [0.1, 0.15) is 49.7 Å². The molecule has 136 valence electrons. The zero-order valence-electron chi connectivity index (χ0n) is 15.1. The summed E-state index contributed by atoms with van der Waals surface area (Å²) in [4.78, 5) is 25.2. The Balaban J connectivity index is 1.72. The molecule has 1 aliphatic carbocycles. The first-order valence-corrected chi connectivity index (χ1v) is 9.26. The van der Waals surface area contributed by atoms with Gasteiger partial charge in [0, 0.05) is 6.04 Å². The van der Waals surface area contributed by atoms with Gasteiger partial charge in [0.1, 0.15) is 5.92 Å². The van der Waals surface area contributed by atoms with Gasteiger partial charge in [0.15, 0.2) is 6.10 Å². The number of carbonyl (C=O) groups excluding carboxylic acids is 2. The van der Waals surface area contributed by atoms with Crippen molar-refractivity contribution in [3.05, 3.63) is 71.8 Å². The summed E-state index contributed by atoms with van der Waals surface area (Å²) in [5.41, 5.74) is 1.71. The fourth-order valence-electron chi connectivity index (χ4n) is 3.44. The first-order chi connectivity index (χ1) is 12.6. The van der Waals surface area contributed by atoms with E-state index in [1.165, 1.54) is 0 Å². The zero-order chi connectivity index (χ0) is 18.4. The average Bonchev–Trinajstić information content (AvgIpc) is 3.16. The number of amides is 1. The molecule has 1 fully saturated rings. The monoisotopic (exact) mass is 351 g/mol. The van der Waals surface area contributed by atoms with Gasteiger partial charge in [-0.2, -0.15) is 0 Å². The van der Waals surface area contributed by atoms with Gasteiger partial charge in [-0.3, -0.25) is 9.59 Å². The van der Waals surface area contributed by atoms with E-state index < -0.39 is 18.0 Å². The lowest BCUT2D eigenvalue weighted by atomic mass is 9.91. The zero-order valence-corrected chi connectivity index (χ0v) is 15.1. The lowest BCUT2D eigenvalue weighted by Crippen LogP contribution is -2.41. The highest BCUT2D eigenvalue weighted by Crippen LogP contribution is 2.26. The van der Waals surface area contributed by atoms with Crippen LogP contribution in [0.4, 0.5) is 0 Å². The van der Waals surface area contributed by atoms with Crippen LogP contribution in [0.3, 0.4) is 0 Å². The molecule has 26 heavy (non-hydrogen) atoms. The molecule has 0 spiro atoms. The number of esters is 1. The topological polar surface area (TPSA) is 55.4 Å². The van der Waals surface area contributed by atoms with Crippen LogP contribution < -0.4 is 5.32 Å². The Bertz CT molecular complexity index is 684. The molecule has 1 atom stereocenters. The number of hydrogen-bond acceptors (Lipinski definition) is 3. The van der Waals surface area contributed by atoms with E-state index in [-0.39, 0.29) is 11.9 Å². The fraction of sp³-hybridized carbons (Fsp3) is 0.364. The van der Waals surface area contributed by atoms with Crippen molar-refractivity contribution in [2.45, 2.75) is 50.7 Å². The van der Waals surface area contributed by atoms with Crippen molar-refractivity contribution < 1.29 is 14.3 Å². The second kappa shape index (κ2) is 8.65. The van der Waals surface area contributed by atoms with Crippen LogP contribution >= 0.6 is 0 Å². The molecule has 0 saturated heterocycles. The van der Waals surface area contributed by atoms with Gasteiger partial charge in [-0.15, -0.1) is 0 Å². The Morgan fingerprint density at radius 1 is 0.923 bits per heavy atom. The van der Waals surface area contributed by atoms with Crippen molar-refractivity contribution in [1.29, 1.82) is 0 Å². The number of carbonyl (C=O) groups is 2. The molecule has 1 aliphatic rings. The Morgan fingerprint density at radius 3 is 1.92 bits per heavy atom. The molecule has 3 rings (SSSR count).